The van der Waals surface area contributed by atoms with Crippen LogP contribution in [-0.4, -0.2) is 40.5 Å². The summed E-state index contributed by atoms with van der Waals surface area (Å²) in [6, 6.07) is 3.74. The van der Waals surface area contributed by atoms with Crippen molar-refractivity contribution in [2.75, 3.05) is 18.4 Å². The van der Waals surface area contributed by atoms with Gasteiger partial charge < -0.3 is 10.2 Å². The zero-order valence-corrected chi connectivity index (χ0v) is 15.6. The minimum atomic E-state index is -0.439. The SMILES string of the molecule is C#CCCC1(CCC(=O)N2CCCC(C(=O)Nc3ncccc3C)C2)N=N1. The lowest BCUT2D eigenvalue weighted by Gasteiger charge is -2.32. The largest absolute Gasteiger partial charge is 0.342 e. The molecule has 2 aliphatic rings. The van der Waals surface area contributed by atoms with E-state index in [1.807, 2.05) is 19.1 Å². The third-order valence-electron chi connectivity index (χ3n) is 5.19. The van der Waals surface area contributed by atoms with Gasteiger partial charge in [-0.05, 0) is 31.4 Å². The molecule has 7 heteroatoms. The zero-order chi connectivity index (χ0) is 19.3. The summed E-state index contributed by atoms with van der Waals surface area (Å²) in [6.07, 6.45) is 10.8. The molecule has 1 fully saturated rings. The van der Waals surface area contributed by atoms with Crippen molar-refractivity contribution in [1.82, 2.24) is 9.88 Å². The average Bonchev–Trinajstić information content (AvgIpc) is 3.46. The number of anilines is 1. The van der Waals surface area contributed by atoms with E-state index in [4.69, 9.17) is 6.42 Å². The summed E-state index contributed by atoms with van der Waals surface area (Å²) in [4.78, 5) is 31.2. The highest BCUT2D eigenvalue weighted by atomic mass is 16.2. The van der Waals surface area contributed by atoms with Crippen LogP contribution in [0.2, 0.25) is 0 Å². The second-order valence-corrected chi connectivity index (χ2v) is 7.22. The first kappa shape index (κ1) is 19.0. The number of aromatic nitrogens is 1. The molecule has 0 saturated carbocycles. The first-order valence-electron chi connectivity index (χ1n) is 9.41. The third kappa shape index (κ3) is 4.91. The van der Waals surface area contributed by atoms with E-state index in [0.29, 0.717) is 44.6 Å². The van der Waals surface area contributed by atoms with Crippen LogP contribution >= 0.6 is 0 Å². The molecule has 0 spiro atoms. The van der Waals surface area contributed by atoms with E-state index in [-0.39, 0.29) is 17.7 Å². The van der Waals surface area contributed by atoms with Crippen molar-refractivity contribution in [2.24, 2.45) is 16.1 Å². The van der Waals surface area contributed by atoms with Gasteiger partial charge in [0.1, 0.15) is 5.82 Å². The molecule has 1 atom stereocenters. The number of hydrogen-bond donors (Lipinski definition) is 1. The van der Waals surface area contributed by atoms with Gasteiger partial charge in [0.15, 0.2) is 5.66 Å². The number of carbonyl (C=O) groups is 2. The van der Waals surface area contributed by atoms with Gasteiger partial charge in [-0.1, -0.05) is 6.07 Å². The van der Waals surface area contributed by atoms with E-state index in [1.165, 1.54) is 0 Å². The number of hydrogen-bond acceptors (Lipinski definition) is 5. The van der Waals surface area contributed by atoms with Gasteiger partial charge in [-0.15, -0.1) is 12.3 Å². The van der Waals surface area contributed by atoms with Crippen LogP contribution in [-0.2, 0) is 9.59 Å². The minimum absolute atomic E-state index is 0.0545. The van der Waals surface area contributed by atoms with E-state index in [9.17, 15) is 9.59 Å². The predicted octanol–water partition coefficient (Wildman–Crippen LogP) is 2.92. The van der Waals surface area contributed by atoms with Gasteiger partial charge in [-0.2, -0.15) is 10.2 Å². The van der Waals surface area contributed by atoms with Crippen molar-refractivity contribution in [3.8, 4) is 12.3 Å². The lowest BCUT2D eigenvalue weighted by molar-refractivity contribution is -0.134. The van der Waals surface area contributed by atoms with Crippen molar-refractivity contribution in [3.63, 3.8) is 0 Å². The van der Waals surface area contributed by atoms with Crippen molar-refractivity contribution in [2.45, 2.75) is 51.1 Å². The van der Waals surface area contributed by atoms with Crippen molar-refractivity contribution in [3.05, 3.63) is 23.9 Å². The molecule has 1 unspecified atom stereocenters. The van der Waals surface area contributed by atoms with E-state index in [1.54, 1.807) is 11.1 Å². The summed E-state index contributed by atoms with van der Waals surface area (Å²) in [7, 11) is 0. The number of likely N-dealkylation sites (tertiary alicyclic amines) is 1. The summed E-state index contributed by atoms with van der Waals surface area (Å²) in [6.45, 7) is 3.04. The van der Waals surface area contributed by atoms with Crippen molar-refractivity contribution < 1.29 is 9.59 Å². The van der Waals surface area contributed by atoms with Crippen molar-refractivity contribution >= 4 is 17.6 Å². The smallest absolute Gasteiger partial charge is 0.230 e. The Morgan fingerprint density at radius 3 is 2.93 bits per heavy atom. The van der Waals surface area contributed by atoms with Gasteiger partial charge >= 0.3 is 0 Å². The maximum Gasteiger partial charge on any atom is 0.230 e. The summed E-state index contributed by atoms with van der Waals surface area (Å²) < 4.78 is 0. The molecule has 142 valence electrons. The van der Waals surface area contributed by atoms with Crippen LogP contribution in [0.4, 0.5) is 5.82 Å². The second-order valence-electron chi connectivity index (χ2n) is 7.22. The molecule has 7 nitrogen and oxygen atoms in total. The maximum absolute atomic E-state index is 12.6. The Hall–Kier alpha value is -2.75. The first-order chi connectivity index (χ1) is 13.0. The lowest BCUT2D eigenvalue weighted by atomic mass is 9.96. The Bertz CT molecular complexity index is 777. The van der Waals surface area contributed by atoms with Crippen LogP contribution in [0.5, 0.6) is 0 Å². The number of amides is 2. The second kappa shape index (κ2) is 8.30. The number of aryl methyl sites for hydroxylation is 1. The van der Waals surface area contributed by atoms with Crippen LogP contribution in [0.15, 0.2) is 28.6 Å². The van der Waals surface area contributed by atoms with E-state index in [0.717, 1.165) is 18.4 Å². The normalized spacial score (nSPS) is 20.0. The molecule has 0 aliphatic carbocycles. The molecule has 2 amide bonds. The van der Waals surface area contributed by atoms with E-state index in [2.05, 4.69) is 26.4 Å². The zero-order valence-electron chi connectivity index (χ0n) is 15.6. The molecule has 2 aliphatic heterocycles. The van der Waals surface area contributed by atoms with Gasteiger partial charge in [-0.3, -0.25) is 9.59 Å². The molecule has 1 aromatic rings. The van der Waals surface area contributed by atoms with Crippen LogP contribution in [0.3, 0.4) is 0 Å². The van der Waals surface area contributed by atoms with Crippen LogP contribution in [0.25, 0.3) is 0 Å². The molecular weight excluding hydrogens is 342 g/mol. The fourth-order valence-electron chi connectivity index (χ4n) is 3.39. The molecule has 27 heavy (non-hydrogen) atoms. The number of rotatable bonds is 7. The summed E-state index contributed by atoms with van der Waals surface area (Å²) in [5, 5.41) is 11.0. The first-order valence-corrected chi connectivity index (χ1v) is 9.41. The van der Waals surface area contributed by atoms with Crippen LogP contribution in [0, 0.1) is 25.2 Å². The summed E-state index contributed by atoms with van der Waals surface area (Å²) in [5.74, 6) is 2.94. The topological polar surface area (TPSA) is 87.0 Å². The Balaban J connectivity index is 1.50. The molecule has 1 saturated heterocycles. The molecule has 1 N–H and O–H groups in total. The lowest BCUT2D eigenvalue weighted by Crippen LogP contribution is -2.44. The minimum Gasteiger partial charge on any atom is -0.342 e. The quantitative estimate of drug-likeness (QED) is 0.752. The number of terminal acetylenes is 1. The maximum atomic E-state index is 12.6. The van der Waals surface area contributed by atoms with E-state index < -0.39 is 5.66 Å². The Kier molecular flexibility index (Phi) is 5.84. The highest BCUT2D eigenvalue weighted by molar-refractivity contribution is 5.92. The summed E-state index contributed by atoms with van der Waals surface area (Å²) >= 11 is 0. The monoisotopic (exact) mass is 367 g/mol. The molecular formula is C20H25N5O2. The van der Waals surface area contributed by atoms with Crippen LogP contribution < -0.4 is 5.32 Å². The Morgan fingerprint density at radius 1 is 1.41 bits per heavy atom. The van der Waals surface area contributed by atoms with Gasteiger partial charge in [0.2, 0.25) is 11.8 Å². The number of nitrogens with zero attached hydrogens (tertiary/aromatic N) is 4. The number of carbonyl (C=O) groups excluding carboxylic acids is 2. The highest BCUT2D eigenvalue weighted by Crippen LogP contribution is 2.37. The van der Waals surface area contributed by atoms with Crippen molar-refractivity contribution in [1.29, 1.82) is 0 Å². The molecule has 3 rings (SSSR count). The van der Waals surface area contributed by atoms with Gasteiger partial charge in [0.05, 0.1) is 5.92 Å². The van der Waals surface area contributed by atoms with Gasteiger partial charge in [0.25, 0.3) is 0 Å². The highest BCUT2D eigenvalue weighted by Gasteiger charge is 2.40. The fourth-order valence-corrected chi connectivity index (χ4v) is 3.39. The molecule has 1 aromatic heterocycles. The van der Waals surface area contributed by atoms with E-state index >= 15 is 0 Å². The molecule has 0 radical (unpaired) electrons. The Labute approximate surface area is 159 Å². The predicted molar refractivity (Wildman–Crippen MR) is 102 cm³/mol. The molecule has 0 aromatic carbocycles. The van der Waals surface area contributed by atoms with Gasteiger partial charge in [0, 0.05) is 45.0 Å². The van der Waals surface area contributed by atoms with Gasteiger partial charge in [-0.25, -0.2) is 4.98 Å². The fraction of sp³-hybridized carbons (Fsp3) is 0.550. The average molecular weight is 367 g/mol. The van der Waals surface area contributed by atoms with Crippen LogP contribution in [0.1, 0.15) is 44.1 Å². The number of nitrogens with one attached hydrogen (secondary N) is 1. The Morgan fingerprint density at radius 2 is 2.22 bits per heavy atom. The summed E-state index contributed by atoms with van der Waals surface area (Å²) in [5.41, 5.74) is 0.481. The molecule has 3 heterocycles. The molecule has 0 bridgehead atoms. The third-order valence-corrected chi connectivity index (χ3v) is 5.19. The number of pyridine rings is 1. The standard InChI is InChI=1S/C20H25N5O2/c1-3-4-10-20(23-24-20)11-9-17(26)25-13-6-8-16(14-25)19(27)22-18-15(2)7-5-12-21-18/h1,5,7,12,16H,4,6,8-11,13-14H2,2H3,(H,21,22,27). The number of piperidine rings is 1.